The first-order valence-electron chi connectivity index (χ1n) is 17.2. The zero-order chi connectivity index (χ0) is 35.1. The molecule has 1 aromatic carbocycles. The van der Waals surface area contributed by atoms with Crippen LogP contribution in [0.5, 0.6) is 0 Å². The van der Waals surface area contributed by atoms with Crippen LogP contribution in [0.2, 0.25) is 0 Å². The molecule has 1 unspecified atom stereocenters. The zero-order valence-corrected chi connectivity index (χ0v) is 27.7. The Bertz CT molecular complexity index is 2140. The molecule has 51 heavy (non-hydrogen) atoms. The van der Waals surface area contributed by atoms with E-state index >= 15 is 4.39 Å². The average molecular weight is 692 g/mol. The maximum atomic E-state index is 15.2. The third-order valence-corrected chi connectivity index (χ3v) is 10.3. The number of imide groups is 1. The molecule has 4 aromatic heterocycles. The van der Waals surface area contributed by atoms with Gasteiger partial charge < -0.3 is 10.2 Å². The van der Waals surface area contributed by atoms with Crippen molar-refractivity contribution in [2.24, 2.45) is 0 Å². The molecule has 13 nitrogen and oxygen atoms in total. The monoisotopic (exact) mass is 691 g/mol. The number of carbonyl (C=O) groups is 2. The number of nitrogens with one attached hydrogen (secondary N) is 2. The number of carbonyl (C=O) groups excluding carboxylic acids is 2. The van der Waals surface area contributed by atoms with E-state index in [-0.39, 0.29) is 30.1 Å². The van der Waals surface area contributed by atoms with Crippen molar-refractivity contribution < 1.29 is 18.4 Å². The summed E-state index contributed by atoms with van der Waals surface area (Å²) in [7, 11) is 0. The summed E-state index contributed by atoms with van der Waals surface area (Å²) in [6.45, 7) is 3.13. The van der Waals surface area contributed by atoms with Gasteiger partial charge in [-0.1, -0.05) is 0 Å². The third kappa shape index (κ3) is 6.50. The van der Waals surface area contributed by atoms with E-state index < -0.39 is 12.0 Å². The molecule has 6 heterocycles. The van der Waals surface area contributed by atoms with Gasteiger partial charge in [0.15, 0.2) is 0 Å². The van der Waals surface area contributed by atoms with Crippen LogP contribution in [-0.2, 0) is 9.59 Å². The van der Waals surface area contributed by atoms with E-state index in [2.05, 4.69) is 36.6 Å². The molecule has 1 atom stereocenters. The van der Waals surface area contributed by atoms with Crippen LogP contribution in [-0.4, -0.2) is 84.3 Å². The molecule has 0 radical (unpaired) electrons. The fourth-order valence-electron chi connectivity index (χ4n) is 7.52. The first-order valence-corrected chi connectivity index (χ1v) is 17.2. The first kappa shape index (κ1) is 32.5. The number of anilines is 2. The Morgan fingerprint density at radius 2 is 1.69 bits per heavy atom. The lowest BCUT2D eigenvalue weighted by molar-refractivity contribution is -0.133. The predicted octanol–water partition coefficient (Wildman–Crippen LogP) is 4.33. The van der Waals surface area contributed by atoms with E-state index in [4.69, 9.17) is 10.1 Å². The van der Waals surface area contributed by atoms with Crippen molar-refractivity contribution in [1.82, 2.24) is 39.6 Å². The number of halogens is 2. The lowest BCUT2D eigenvalue weighted by Gasteiger charge is -2.42. The fraction of sp³-hybridized carbons (Fsp3) is 0.361. The highest BCUT2D eigenvalue weighted by Gasteiger charge is 2.31. The summed E-state index contributed by atoms with van der Waals surface area (Å²) in [4.78, 5) is 36.7. The van der Waals surface area contributed by atoms with E-state index in [0.717, 1.165) is 57.4 Å². The van der Waals surface area contributed by atoms with E-state index in [1.807, 2.05) is 10.9 Å². The van der Waals surface area contributed by atoms with Gasteiger partial charge in [0.05, 0.1) is 41.7 Å². The minimum atomic E-state index is -0.598. The summed E-state index contributed by atoms with van der Waals surface area (Å²) in [6.07, 6.45) is 13.1. The van der Waals surface area contributed by atoms with Crippen LogP contribution < -0.4 is 15.5 Å². The Kier molecular flexibility index (Phi) is 8.60. The number of aromatic nitrogens is 6. The van der Waals surface area contributed by atoms with Gasteiger partial charge in [0.25, 0.3) is 0 Å². The molecule has 0 spiro atoms. The van der Waals surface area contributed by atoms with Crippen molar-refractivity contribution in [3.8, 4) is 28.6 Å². The van der Waals surface area contributed by atoms with Crippen LogP contribution in [0, 0.1) is 23.1 Å². The summed E-state index contributed by atoms with van der Waals surface area (Å²) >= 11 is 0. The summed E-state index contributed by atoms with van der Waals surface area (Å²) in [5.41, 5.74) is 4.47. The van der Waals surface area contributed by atoms with Gasteiger partial charge in [-0.2, -0.15) is 19.8 Å². The average Bonchev–Trinajstić information content (AvgIpc) is 3.81. The highest BCUT2D eigenvalue weighted by Crippen LogP contribution is 2.34. The second-order valence-corrected chi connectivity index (χ2v) is 13.3. The first-order chi connectivity index (χ1) is 24.8. The van der Waals surface area contributed by atoms with Gasteiger partial charge in [-0.15, -0.1) is 0 Å². The Hall–Kier alpha value is -5.75. The normalized spacial score (nSPS) is 21.4. The number of benzene rings is 1. The molecule has 15 heteroatoms. The highest BCUT2D eigenvalue weighted by atomic mass is 19.1. The van der Waals surface area contributed by atoms with Crippen LogP contribution in [0.3, 0.4) is 0 Å². The Morgan fingerprint density at radius 1 is 0.882 bits per heavy atom. The van der Waals surface area contributed by atoms with Crippen molar-refractivity contribution >= 4 is 28.7 Å². The van der Waals surface area contributed by atoms with Gasteiger partial charge in [-0.25, -0.2) is 18.9 Å². The lowest BCUT2D eigenvalue weighted by Crippen LogP contribution is -2.51. The van der Waals surface area contributed by atoms with Gasteiger partial charge >= 0.3 is 0 Å². The van der Waals surface area contributed by atoms with E-state index in [1.54, 1.807) is 35.1 Å². The predicted molar refractivity (Wildman–Crippen MR) is 183 cm³/mol. The van der Waals surface area contributed by atoms with Crippen LogP contribution in [0.1, 0.15) is 50.1 Å². The Morgan fingerprint density at radius 3 is 2.41 bits per heavy atom. The Balaban J connectivity index is 0.879. The largest absolute Gasteiger partial charge is 0.374 e. The summed E-state index contributed by atoms with van der Waals surface area (Å²) in [5.74, 6) is -1.61. The number of nitriles is 1. The molecule has 3 fully saturated rings. The number of piperazine rings is 1. The van der Waals surface area contributed by atoms with Crippen molar-refractivity contribution in [3.63, 3.8) is 0 Å². The van der Waals surface area contributed by atoms with Crippen molar-refractivity contribution in [3.05, 3.63) is 78.6 Å². The molecule has 0 bridgehead atoms. The summed E-state index contributed by atoms with van der Waals surface area (Å²) < 4.78 is 32.4. The molecule has 2 N–H and O–H groups in total. The maximum absolute atomic E-state index is 15.2. The molecule has 5 aromatic rings. The second kappa shape index (κ2) is 13.5. The fourth-order valence-corrected chi connectivity index (χ4v) is 7.52. The number of amides is 2. The van der Waals surface area contributed by atoms with Gasteiger partial charge in [-0.3, -0.25) is 24.5 Å². The summed E-state index contributed by atoms with van der Waals surface area (Å²) in [5, 5.41) is 24.1. The molecule has 8 rings (SSSR count). The molecular formula is C36H35F2N11O2. The lowest BCUT2D eigenvalue weighted by atomic mass is 9.90. The number of hydrogen-bond acceptors (Lipinski definition) is 10. The van der Waals surface area contributed by atoms with Gasteiger partial charge in [0.2, 0.25) is 17.8 Å². The number of hydrogen-bond donors (Lipinski definition) is 2. The van der Waals surface area contributed by atoms with E-state index in [1.165, 1.54) is 24.5 Å². The van der Waals surface area contributed by atoms with Gasteiger partial charge in [0, 0.05) is 67.8 Å². The van der Waals surface area contributed by atoms with Crippen molar-refractivity contribution in [2.75, 3.05) is 36.4 Å². The quantitative estimate of drug-likeness (QED) is 0.187. The van der Waals surface area contributed by atoms with Crippen molar-refractivity contribution in [2.45, 2.75) is 56.7 Å². The standard InChI is InChI=1S/C36H35F2N11O2/c37-28-15-25(43-29-7-10-33(50)45-36(29)51)2-8-31(28)47-13-11-46(12-14-47)26-3-5-27(6-4-26)48-20-24(19-41-48)30-21-49-35(23(16-39)18-42-49)34(44-30)22-1-9-32(38)40-17-22/h1-2,8-9,15,17-21,26-27,29,43H,3-7,10-14H2,(H,45,50,51)/t26-,27-,29?. The van der Waals surface area contributed by atoms with E-state index in [9.17, 15) is 19.2 Å². The number of pyridine rings is 1. The molecule has 3 aliphatic rings. The SMILES string of the molecule is N#Cc1cnn2cc(-c3cnn([C@H]4CC[C@H](N5CCN(c6ccc(NC7CCC(=O)NC7=O)cc6F)CC5)CC4)c3)nc(-c3ccc(F)nc3)c12. The van der Waals surface area contributed by atoms with Crippen LogP contribution in [0.4, 0.5) is 20.2 Å². The number of nitrogens with zero attached hydrogens (tertiary/aromatic N) is 9. The topological polar surface area (TPSA) is 149 Å². The molecule has 1 saturated carbocycles. The molecule has 2 amide bonds. The van der Waals surface area contributed by atoms with Crippen LogP contribution in [0.25, 0.3) is 28.0 Å². The second-order valence-electron chi connectivity index (χ2n) is 13.3. The van der Waals surface area contributed by atoms with Crippen LogP contribution in [0.15, 0.2) is 61.3 Å². The Labute approximate surface area is 291 Å². The number of fused-ring (bicyclic) bond motifs is 1. The highest BCUT2D eigenvalue weighted by molar-refractivity contribution is 6.01. The smallest absolute Gasteiger partial charge is 0.249 e. The van der Waals surface area contributed by atoms with Gasteiger partial charge in [0.1, 0.15) is 29.0 Å². The minimum absolute atomic E-state index is 0.247. The molecule has 1 aliphatic carbocycles. The third-order valence-electron chi connectivity index (χ3n) is 10.3. The van der Waals surface area contributed by atoms with E-state index in [0.29, 0.717) is 51.9 Å². The maximum Gasteiger partial charge on any atom is 0.249 e. The molecule has 2 saturated heterocycles. The van der Waals surface area contributed by atoms with Crippen LogP contribution >= 0.6 is 0 Å². The number of rotatable bonds is 7. The molecular weight excluding hydrogens is 656 g/mol. The minimum Gasteiger partial charge on any atom is -0.374 e. The molecule has 2 aliphatic heterocycles. The summed E-state index contributed by atoms with van der Waals surface area (Å²) in [6, 6.07) is 10.1. The molecule has 260 valence electrons. The number of piperidine rings is 1. The van der Waals surface area contributed by atoms with Gasteiger partial charge in [-0.05, 0) is 62.4 Å². The zero-order valence-electron chi connectivity index (χ0n) is 27.7. The van der Waals surface area contributed by atoms with Crippen molar-refractivity contribution in [1.29, 1.82) is 5.26 Å².